The highest BCUT2D eigenvalue weighted by Crippen LogP contribution is 2.22. The molecule has 1 aliphatic heterocycles. The summed E-state index contributed by atoms with van der Waals surface area (Å²) in [6.45, 7) is 9.33. The minimum Gasteiger partial charge on any atom is -0.479 e. The third-order valence-electron chi connectivity index (χ3n) is 2.87. The molecule has 1 fully saturated rings. The fraction of sp³-hybridized carbons (Fsp3) is 0.857. The van der Waals surface area contributed by atoms with Crippen molar-refractivity contribution in [2.45, 2.75) is 52.4 Å². The second-order valence-electron chi connectivity index (χ2n) is 6.08. The van der Waals surface area contributed by atoms with Crippen molar-refractivity contribution in [3.05, 3.63) is 0 Å². The molecule has 0 saturated carbocycles. The average Bonchev–Trinajstić information content (AvgIpc) is 3.06. The molecule has 116 valence electrons. The zero-order valence-corrected chi connectivity index (χ0v) is 12.6. The van der Waals surface area contributed by atoms with E-state index in [9.17, 15) is 9.59 Å². The minimum absolute atomic E-state index is 0.111. The summed E-state index contributed by atoms with van der Waals surface area (Å²) in [5, 5.41) is 11.5. The van der Waals surface area contributed by atoms with Gasteiger partial charge in [0.25, 0.3) is 5.91 Å². The van der Waals surface area contributed by atoms with Crippen LogP contribution in [-0.4, -0.2) is 48.4 Å². The Balaban J connectivity index is 2.39. The van der Waals surface area contributed by atoms with Gasteiger partial charge in [-0.15, -0.1) is 0 Å². The van der Waals surface area contributed by atoms with E-state index in [1.807, 2.05) is 0 Å². The molecule has 0 spiro atoms. The Labute approximate surface area is 119 Å². The molecule has 20 heavy (non-hydrogen) atoms. The van der Waals surface area contributed by atoms with Crippen molar-refractivity contribution >= 4 is 11.9 Å². The Kier molecular flexibility index (Phi) is 6.42. The molecule has 6 nitrogen and oxygen atoms in total. The number of carbonyl (C=O) groups is 2. The van der Waals surface area contributed by atoms with E-state index in [1.54, 1.807) is 0 Å². The van der Waals surface area contributed by atoms with Gasteiger partial charge in [-0.25, -0.2) is 4.79 Å². The second-order valence-corrected chi connectivity index (χ2v) is 6.08. The van der Waals surface area contributed by atoms with Gasteiger partial charge in [0, 0.05) is 6.61 Å². The van der Waals surface area contributed by atoms with Gasteiger partial charge in [-0.2, -0.15) is 0 Å². The molecule has 0 aromatic heterocycles. The van der Waals surface area contributed by atoms with E-state index in [0.29, 0.717) is 25.0 Å². The molecule has 3 atom stereocenters. The monoisotopic (exact) mass is 287 g/mol. The fourth-order valence-electron chi connectivity index (χ4n) is 1.97. The molecule has 1 heterocycles. The van der Waals surface area contributed by atoms with Gasteiger partial charge < -0.3 is 19.9 Å². The van der Waals surface area contributed by atoms with Gasteiger partial charge in [-0.3, -0.25) is 4.79 Å². The van der Waals surface area contributed by atoms with Gasteiger partial charge in [-0.1, -0.05) is 27.7 Å². The Morgan fingerprint density at radius 3 is 2.25 bits per heavy atom. The Hall–Kier alpha value is -1.14. The molecule has 0 aromatic rings. The van der Waals surface area contributed by atoms with E-state index in [-0.39, 0.29) is 11.9 Å². The van der Waals surface area contributed by atoms with Crippen molar-refractivity contribution in [3.8, 4) is 0 Å². The number of nitrogens with one attached hydrogen (secondary N) is 1. The molecule has 1 saturated heterocycles. The first-order chi connectivity index (χ1) is 9.31. The van der Waals surface area contributed by atoms with E-state index in [2.05, 4.69) is 33.0 Å². The number of carboxylic acids is 1. The zero-order valence-electron chi connectivity index (χ0n) is 12.6. The van der Waals surface area contributed by atoms with Crippen LogP contribution in [0.2, 0.25) is 0 Å². The number of amides is 1. The topological polar surface area (TPSA) is 88.2 Å². The van der Waals surface area contributed by atoms with Crippen LogP contribution in [0.15, 0.2) is 0 Å². The molecule has 2 unspecified atom stereocenters. The van der Waals surface area contributed by atoms with Gasteiger partial charge >= 0.3 is 5.97 Å². The number of ether oxygens (including phenoxy) is 2. The minimum atomic E-state index is -1.10. The maximum atomic E-state index is 11.9. The van der Waals surface area contributed by atoms with Crippen LogP contribution in [0.25, 0.3) is 0 Å². The van der Waals surface area contributed by atoms with Gasteiger partial charge in [0.15, 0.2) is 12.2 Å². The first-order valence-electron chi connectivity index (χ1n) is 7.07. The van der Waals surface area contributed by atoms with Crippen molar-refractivity contribution < 1.29 is 24.2 Å². The molecule has 0 aromatic carbocycles. The summed E-state index contributed by atoms with van der Waals surface area (Å²) in [5.41, 5.74) is 0. The first kappa shape index (κ1) is 16.9. The van der Waals surface area contributed by atoms with Gasteiger partial charge in [0.05, 0.1) is 12.6 Å². The van der Waals surface area contributed by atoms with Crippen molar-refractivity contribution in [2.24, 2.45) is 11.8 Å². The van der Waals surface area contributed by atoms with Crippen molar-refractivity contribution in [2.75, 3.05) is 13.2 Å². The molecule has 1 rings (SSSR count). The summed E-state index contributed by atoms with van der Waals surface area (Å²) in [6.07, 6.45) is -1.06. The Morgan fingerprint density at radius 2 is 1.80 bits per heavy atom. The summed E-state index contributed by atoms with van der Waals surface area (Å²) in [4.78, 5) is 22.5. The van der Waals surface area contributed by atoms with E-state index in [4.69, 9.17) is 14.6 Å². The quantitative estimate of drug-likeness (QED) is 0.619. The molecule has 1 amide bonds. The molecular weight excluding hydrogens is 262 g/mol. The number of hydrogen-bond donors (Lipinski definition) is 2. The smallest absolute Gasteiger partial charge is 0.336 e. The van der Waals surface area contributed by atoms with Crippen LogP contribution in [0.4, 0.5) is 0 Å². The van der Waals surface area contributed by atoms with Crippen molar-refractivity contribution in [3.63, 3.8) is 0 Å². The number of carbonyl (C=O) groups excluding carboxylic acids is 1. The number of hydrogen-bond acceptors (Lipinski definition) is 4. The summed E-state index contributed by atoms with van der Waals surface area (Å²) in [5.74, 6) is -0.607. The summed E-state index contributed by atoms with van der Waals surface area (Å²) in [7, 11) is 0. The first-order valence-corrected chi connectivity index (χ1v) is 7.07. The third kappa shape index (κ3) is 5.88. The van der Waals surface area contributed by atoms with Gasteiger partial charge in [0.1, 0.15) is 0 Å². The molecule has 2 N–H and O–H groups in total. The molecule has 1 aliphatic rings. The van der Waals surface area contributed by atoms with Crippen LogP contribution in [0.3, 0.4) is 0 Å². The fourth-order valence-corrected chi connectivity index (χ4v) is 1.97. The number of aliphatic carboxylic acids is 1. The lowest BCUT2D eigenvalue weighted by Crippen LogP contribution is -2.42. The lowest BCUT2D eigenvalue weighted by atomic mass is 10.0. The van der Waals surface area contributed by atoms with Crippen LogP contribution in [0.5, 0.6) is 0 Å². The van der Waals surface area contributed by atoms with Crippen LogP contribution < -0.4 is 5.32 Å². The number of epoxide rings is 1. The Bertz CT molecular complexity index is 342. The maximum absolute atomic E-state index is 11.9. The maximum Gasteiger partial charge on any atom is 0.336 e. The van der Waals surface area contributed by atoms with E-state index >= 15 is 0 Å². The second kappa shape index (κ2) is 7.59. The molecule has 0 aliphatic carbocycles. The van der Waals surface area contributed by atoms with Gasteiger partial charge in [0.2, 0.25) is 0 Å². The predicted octanol–water partition coefficient (Wildman–Crippen LogP) is 1.04. The summed E-state index contributed by atoms with van der Waals surface area (Å²) < 4.78 is 10.4. The van der Waals surface area contributed by atoms with E-state index < -0.39 is 18.2 Å². The average molecular weight is 287 g/mol. The summed E-state index contributed by atoms with van der Waals surface area (Å²) >= 11 is 0. The molecule has 0 radical (unpaired) electrons. The standard InChI is InChI=1S/C14H25NO5/c1-8(2)5-10(7-19-6-9(3)4)15-13(16)11-12(20-11)14(17)18/h8-12H,5-7H2,1-4H3,(H,15,16)(H,17,18)/t10-,11?,12?/m0/s1. The number of carboxylic acid groups (broad SMARTS) is 1. The van der Waals surface area contributed by atoms with Gasteiger partial charge in [-0.05, 0) is 18.3 Å². The highest BCUT2D eigenvalue weighted by atomic mass is 16.6. The highest BCUT2D eigenvalue weighted by Gasteiger charge is 2.51. The zero-order chi connectivity index (χ0) is 15.3. The van der Waals surface area contributed by atoms with Crippen molar-refractivity contribution in [1.29, 1.82) is 0 Å². The summed E-state index contributed by atoms with van der Waals surface area (Å²) in [6, 6.07) is -0.111. The molecule has 0 bridgehead atoms. The molecule has 6 heteroatoms. The normalized spacial score (nSPS) is 22.9. The van der Waals surface area contributed by atoms with Crippen LogP contribution >= 0.6 is 0 Å². The Morgan fingerprint density at radius 1 is 1.15 bits per heavy atom. The number of rotatable bonds is 9. The van der Waals surface area contributed by atoms with Crippen molar-refractivity contribution in [1.82, 2.24) is 5.32 Å². The van der Waals surface area contributed by atoms with Crippen LogP contribution in [0, 0.1) is 11.8 Å². The lowest BCUT2D eigenvalue weighted by molar-refractivity contribution is -0.138. The van der Waals surface area contributed by atoms with Crippen LogP contribution in [-0.2, 0) is 19.1 Å². The predicted molar refractivity (Wildman–Crippen MR) is 73.3 cm³/mol. The van der Waals surface area contributed by atoms with Crippen LogP contribution in [0.1, 0.15) is 34.1 Å². The third-order valence-corrected chi connectivity index (χ3v) is 2.87. The highest BCUT2D eigenvalue weighted by molar-refractivity contribution is 5.92. The molecular formula is C14H25NO5. The largest absolute Gasteiger partial charge is 0.479 e. The van der Waals surface area contributed by atoms with E-state index in [0.717, 1.165) is 6.42 Å². The SMILES string of the molecule is CC(C)COC[C@H](CC(C)C)NC(=O)C1OC1C(=O)O. The lowest BCUT2D eigenvalue weighted by Gasteiger charge is -2.21. The van der Waals surface area contributed by atoms with E-state index in [1.165, 1.54) is 0 Å².